The molecule has 4 N–H and O–H groups in total. The summed E-state index contributed by atoms with van der Waals surface area (Å²) in [6.45, 7) is 1.41. The van der Waals surface area contributed by atoms with Crippen molar-refractivity contribution in [2.45, 2.75) is 95.0 Å². The molecule has 264 valence electrons. The van der Waals surface area contributed by atoms with Crippen LogP contribution in [0.15, 0.2) is 48.7 Å². The molecule has 0 bridgehead atoms. The summed E-state index contributed by atoms with van der Waals surface area (Å²) in [6, 6.07) is 11.9. The summed E-state index contributed by atoms with van der Waals surface area (Å²) in [5, 5.41) is 28.5. The van der Waals surface area contributed by atoms with Crippen LogP contribution in [0.2, 0.25) is 5.02 Å². The van der Waals surface area contributed by atoms with Crippen LogP contribution in [0.5, 0.6) is 0 Å². The molecule has 0 spiro atoms. The molecule has 2 fully saturated rings. The molecule has 4 rings (SSSR count). The molecule has 1 aromatic heterocycles. The van der Waals surface area contributed by atoms with Crippen molar-refractivity contribution in [2.24, 2.45) is 11.8 Å². The maximum atomic E-state index is 13.8. The van der Waals surface area contributed by atoms with Crippen LogP contribution in [0.3, 0.4) is 0 Å². The first kappa shape index (κ1) is 37.6. The van der Waals surface area contributed by atoms with E-state index in [0.29, 0.717) is 43.3 Å². The second-order valence-corrected chi connectivity index (χ2v) is 13.4. The molecule has 3 amide bonds. The molecular weight excluding hydrogens is 636 g/mol. The third-order valence-electron chi connectivity index (χ3n) is 9.47. The Morgan fingerprint density at radius 2 is 1.88 bits per heavy atom. The Labute approximate surface area is 288 Å². The van der Waals surface area contributed by atoms with Gasteiger partial charge in [-0.05, 0) is 67.9 Å². The van der Waals surface area contributed by atoms with Crippen LogP contribution >= 0.6 is 11.6 Å². The summed E-state index contributed by atoms with van der Waals surface area (Å²) in [5.74, 6) is -0.213. The lowest BCUT2D eigenvalue weighted by Gasteiger charge is -2.39. The average molecular weight is 687 g/mol. The predicted molar refractivity (Wildman–Crippen MR) is 183 cm³/mol. The maximum absolute atomic E-state index is 13.8. The summed E-state index contributed by atoms with van der Waals surface area (Å²) in [6.07, 6.45) is 6.31. The number of benzene rings is 1. The van der Waals surface area contributed by atoms with Crippen LogP contribution in [0.4, 0.5) is 9.59 Å². The van der Waals surface area contributed by atoms with Crippen LogP contribution in [0.25, 0.3) is 0 Å². The predicted octanol–water partition coefficient (Wildman–Crippen LogP) is 5.22. The lowest BCUT2D eigenvalue weighted by atomic mass is 9.82. The summed E-state index contributed by atoms with van der Waals surface area (Å²) < 4.78 is 10.9. The summed E-state index contributed by atoms with van der Waals surface area (Å²) in [5.41, 5.74) is 1.74. The second kappa shape index (κ2) is 19.7. The summed E-state index contributed by atoms with van der Waals surface area (Å²) in [7, 11) is 1.30. The average Bonchev–Trinajstić information content (AvgIpc) is 3.11. The van der Waals surface area contributed by atoms with E-state index in [1.165, 1.54) is 7.11 Å². The Bertz CT molecular complexity index is 1300. The van der Waals surface area contributed by atoms with Gasteiger partial charge in [-0.25, -0.2) is 9.59 Å². The van der Waals surface area contributed by atoms with Crippen LogP contribution in [0, 0.1) is 11.8 Å². The highest BCUT2D eigenvalue weighted by Crippen LogP contribution is 2.34. The van der Waals surface area contributed by atoms with E-state index in [2.05, 4.69) is 20.4 Å². The molecule has 5 atom stereocenters. The van der Waals surface area contributed by atoms with Gasteiger partial charge in [0, 0.05) is 48.9 Å². The number of Topliss-reactive ketones (excluding diaryl/α,β-unsaturated/α-hetero) is 1. The van der Waals surface area contributed by atoms with Crippen molar-refractivity contribution >= 4 is 29.5 Å². The number of pyridine rings is 1. The summed E-state index contributed by atoms with van der Waals surface area (Å²) in [4.78, 5) is 44.3. The van der Waals surface area contributed by atoms with Crippen LogP contribution < -0.4 is 10.6 Å². The number of likely N-dealkylation sites (tertiary alicyclic amines) is 1. The number of rotatable bonds is 16. The third kappa shape index (κ3) is 11.7. The molecule has 1 aliphatic carbocycles. The number of alkyl carbamates (subject to hydrolysis) is 1. The molecule has 11 nitrogen and oxygen atoms in total. The van der Waals surface area contributed by atoms with E-state index in [9.17, 15) is 24.6 Å². The number of aliphatic hydroxyl groups is 2. The minimum Gasteiger partial charge on any atom is -0.453 e. The first-order valence-electron chi connectivity index (χ1n) is 17.3. The molecule has 1 saturated carbocycles. The zero-order valence-corrected chi connectivity index (χ0v) is 28.7. The quantitative estimate of drug-likeness (QED) is 0.176. The van der Waals surface area contributed by atoms with Crippen molar-refractivity contribution in [3.63, 3.8) is 0 Å². The first-order valence-corrected chi connectivity index (χ1v) is 17.7. The van der Waals surface area contributed by atoms with Gasteiger partial charge >= 0.3 is 12.1 Å². The number of halogens is 1. The highest BCUT2D eigenvalue weighted by atomic mass is 35.5. The molecular formula is C36H51ClN4O7. The lowest BCUT2D eigenvalue weighted by molar-refractivity contribution is -0.134. The van der Waals surface area contributed by atoms with E-state index in [4.69, 9.17) is 16.3 Å². The number of nitrogens with zero attached hydrogens (tertiary/aromatic N) is 2. The van der Waals surface area contributed by atoms with Gasteiger partial charge in [0.05, 0.1) is 25.9 Å². The van der Waals surface area contributed by atoms with E-state index in [0.717, 1.165) is 56.2 Å². The minimum atomic E-state index is -1.60. The van der Waals surface area contributed by atoms with Gasteiger partial charge in [-0.2, -0.15) is 0 Å². The molecule has 2 aliphatic rings. The maximum Gasteiger partial charge on any atom is 0.406 e. The van der Waals surface area contributed by atoms with Gasteiger partial charge in [-0.15, -0.1) is 0 Å². The van der Waals surface area contributed by atoms with E-state index in [1.54, 1.807) is 17.2 Å². The standard InChI is InChI=1S/C36H51ClN4O7/c1-47-36(46)39-19-21-48-34(26-12-7-14-28(37)23-26)27-13-9-20-41(24-27)35(45)40-30(22-25-10-3-2-4-11-25)32(43)33(44)31(42)17-8-16-29-15-5-6-18-38-29/h5-7,12,14-15,18,23,25,27,30,32-34,43-44H,2-4,8-11,13,16-17,19-22,24H2,1H3,(H,39,46)(H,40,45). The van der Waals surface area contributed by atoms with Gasteiger partial charge in [0.25, 0.3) is 0 Å². The van der Waals surface area contributed by atoms with Crippen LogP contribution in [-0.2, 0) is 20.7 Å². The molecule has 1 aliphatic heterocycles. The number of hydrogen-bond donors (Lipinski definition) is 4. The molecule has 0 radical (unpaired) electrons. The SMILES string of the molecule is COC(=O)NCCOC(c1cccc(Cl)c1)C1CCCN(C(=O)NC(CC2CCCCC2)C(O)C(O)C(=O)CCCc2ccccn2)C1. The highest BCUT2D eigenvalue weighted by Gasteiger charge is 2.36. The highest BCUT2D eigenvalue weighted by molar-refractivity contribution is 6.30. The molecule has 2 heterocycles. The van der Waals surface area contributed by atoms with E-state index >= 15 is 0 Å². The van der Waals surface area contributed by atoms with E-state index < -0.39 is 30.1 Å². The number of urea groups is 1. The number of carbonyl (C=O) groups is 3. The molecule has 12 heteroatoms. The molecule has 1 saturated heterocycles. The fourth-order valence-electron chi connectivity index (χ4n) is 6.90. The Morgan fingerprint density at radius 3 is 2.60 bits per heavy atom. The number of carbonyl (C=O) groups excluding carboxylic acids is 3. The van der Waals surface area contributed by atoms with Crippen molar-refractivity contribution in [1.29, 1.82) is 0 Å². The molecule has 48 heavy (non-hydrogen) atoms. The van der Waals surface area contributed by atoms with Crippen molar-refractivity contribution in [3.8, 4) is 0 Å². The summed E-state index contributed by atoms with van der Waals surface area (Å²) >= 11 is 6.32. The molecule has 5 unspecified atom stereocenters. The fraction of sp³-hybridized carbons (Fsp3) is 0.611. The normalized spacial score (nSPS) is 19.5. The number of aromatic nitrogens is 1. The monoisotopic (exact) mass is 686 g/mol. The zero-order valence-electron chi connectivity index (χ0n) is 27.9. The van der Waals surface area contributed by atoms with E-state index in [-0.39, 0.29) is 37.6 Å². The smallest absolute Gasteiger partial charge is 0.406 e. The Balaban J connectivity index is 1.41. The van der Waals surface area contributed by atoms with Crippen molar-refractivity contribution < 1.29 is 34.1 Å². The second-order valence-electron chi connectivity index (χ2n) is 13.0. The molecule has 1 aromatic carbocycles. The van der Waals surface area contributed by atoms with Crippen molar-refractivity contribution in [1.82, 2.24) is 20.5 Å². The Hall–Kier alpha value is -3.25. The topological polar surface area (TPSA) is 150 Å². The number of ketones is 1. The first-order chi connectivity index (χ1) is 23.2. The third-order valence-corrected chi connectivity index (χ3v) is 9.71. The van der Waals surface area contributed by atoms with Crippen LogP contribution in [-0.4, -0.2) is 89.6 Å². The molecule has 2 aromatic rings. The number of amides is 3. The number of hydrogen-bond acceptors (Lipinski definition) is 8. The lowest BCUT2D eigenvalue weighted by Crippen LogP contribution is -2.56. The van der Waals surface area contributed by atoms with Gasteiger partial charge in [-0.3, -0.25) is 9.78 Å². The minimum absolute atomic E-state index is 0.0610. The zero-order chi connectivity index (χ0) is 34.3. The number of piperidine rings is 1. The fourth-order valence-corrected chi connectivity index (χ4v) is 7.10. The number of nitrogens with one attached hydrogen (secondary N) is 2. The van der Waals surface area contributed by atoms with E-state index in [1.807, 2.05) is 36.4 Å². The number of aliphatic hydroxyl groups excluding tert-OH is 2. The Morgan fingerprint density at radius 1 is 1.06 bits per heavy atom. The van der Waals surface area contributed by atoms with Crippen LogP contribution in [0.1, 0.15) is 81.6 Å². The van der Waals surface area contributed by atoms with Crippen molar-refractivity contribution in [2.75, 3.05) is 33.4 Å². The number of ether oxygens (including phenoxy) is 2. The number of aryl methyl sites for hydroxylation is 1. The van der Waals surface area contributed by atoms with Crippen molar-refractivity contribution in [3.05, 3.63) is 64.9 Å². The van der Waals surface area contributed by atoms with Gasteiger partial charge < -0.3 is 35.2 Å². The van der Waals surface area contributed by atoms with Gasteiger partial charge in [0.15, 0.2) is 5.78 Å². The number of methoxy groups -OCH3 is 1. The van der Waals surface area contributed by atoms with Gasteiger partial charge in [0.1, 0.15) is 12.2 Å². The Kier molecular flexibility index (Phi) is 15.4. The van der Waals surface area contributed by atoms with Gasteiger partial charge in [0.2, 0.25) is 0 Å². The van der Waals surface area contributed by atoms with Gasteiger partial charge in [-0.1, -0.05) is 61.9 Å². The largest absolute Gasteiger partial charge is 0.453 e.